The summed E-state index contributed by atoms with van der Waals surface area (Å²) in [7, 11) is -0.388. The van der Waals surface area contributed by atoms with Gasteiger partial charge in [-0.05, 0) is 24.1 Å². The van der Waals surface area contributed by atoms with Gasteiger partial charge in [0, 0.05) is 26.4 Å². The normalized spacial score (nSPS) is 11.6. The van der Waals surface area contributed by atoms with Crippen molar-refractivity contribution in [1.82, 2.24) is 9.62 Å². The Morgan fingerprint density at radius 3 is 2.68 bits per heavy atom. The van der Waals surface area contributed by atoms with E-state index in [9.17, 15) is 13.2 Å². The molecule has 0 radical (unpaired) electrons. The van der Waals surface area contributed by atoms with Gasteiger partial charge in [0.2, 0.25) is 15.9 Å². The molecule has 0 aliphatic carbocycles. The molecule has 0 atom stereocenters. The van der Waals surface area contributed by atoms with Crippen LogP contribution in [0.4, 0.5) is 0 Å². The molecule has 7 heteroatoms. The second-order valence-corrected chi connectivity index (χ2v) is 8.27. The predicted molar refractivity (Wildman–Crippen MR) is 91.4 cm³/mol. The van der Waals surface area contributed by atoms with Crippen molar-refractivity contribution < 1.29 is 13.2 Å². The summed E-state index contributed by atoms with van der Waals surface area (Å²) in [6, 6.07) is 6.85. The molecule has 0 aliphatic rings. The van der Waals surface area contributed by atoms with E-state index >= 15 is 0 Å². The van der Waals surface area contributed by atoms with Crippen LogP contribution in [0, 0.1) is 0 Å². The molecule has 0 aromatic heterocycles. The van der Waals surface area contributed by atoms with E-state index in [0.29, 0.717) is 18.1 Å². The number of carbonyl (C=O) groups is 1. The fourth-order valence-corrected chi connectivity index (χ4v) is 3.50. The van der Waals surface area contributed by atoms with Crippen molar-refractivity contribution in [1.29, 1.82) is 0 Å². The first-order chi connectivity index (χ1) is 10.4. The summed E-state index contributed by atoms with van der Waals surface area (Å²) >= 11 is 1.48. The topological polar surface area (TPSA) is 66.5 Å². The average Bonchev–Trinajstić information content (AvgIpc) is 2.47. The number of carbonyl (C=O) groups excluding carboxylic acids is 1. The number of nitrogens with zero attached hydrogens (tertiary/aromatic N) is 1. The quantitative estimate of drug-likeness (QED) is 0.697. The van der Waals surface area contributed by atoms with Gasteiger partial charge in [0.1, 0.15) is 0 Å². The van der Waals surface area contributed by atoms with Crippen molar-refractivity contribution in [2.24, 2.45) is 0 Å². The third-order valence-corrected chi connectivity index (χ3v) is 5.85. The Bertz CT molecular complexity index is 586. The van der Waals surface area contributed by atoms with Gasteiger partial charge in [0.15, 0.2) is 0 Å². The van der Waals surface area contributed by atoms with Gasteiger partial charge >= 0.3 is 0 Å². The van der Waals surface area contributed by atoms with E-state index < -0.39 is 10.0 Å². The Morgan fingerprint density at radius 1 is 1.32 bits per heavy atom. The van der Waals surface area contributed by atoms with Gasteiger partial charge in [-0.2, -0.15) is 0 Å². The minimum atomic E-state index is -3.41. The lowest BCUT2D eigenvalue weighted by molar-refractivity contribution is -0.118. The molecule has 0 saturated heterocycles. The summed E-state index contributed by atoms with van der Waals surface area (Å²) in [5.74, 6) is 1.02. The minimum absolute atomic E-state index is 0.0236. The Hall–Kier alpha value is -1.05. The molecular formula is C15H24N2O3S2. The number of hydrogen-bond acceptors (Lipinski definition) is 4. The van der Waals surface area contributed by atoms with Crippen molar-refractivity contribution in [2.75, 3.05) is 26.4 Å². The first-order valence-electron chi connectivity index (χ1n) is 7.24. The maximum atomic E-state index is 12.1. The van der Waals surface area contributed by atoms with Crippen molar-refractivity contribution in [3.63, 3.8) is 0 Å². The molecule has 0 unspecified atom stereocenters. The highest BCUT2D eigenvalue weighted by Gasteiger charge is 2.17. The van der Waals surface area contributed by atoms with Gasteiger partial charge < -0.3 is 5.32 Å². The summed E-state index contributed by atoms with van der Waals surface area (Å²) in [5.41, 5.74) is 0.897. The summed E-state index contributed by atoms with van der Waals surface area (Å²) in [4.78, 5) is 11.9. The maximum Gasteiger partial charge on any atom is 0.242 e. The number of rotatable bonds is 9. The average molecular weight is 345 g/mol. The van der Waals surface area contributed by atoms with Crippen LogP contribution in [0.2, 0.25) is 0 Å². The maximum absolute atomic E-state index is 12.1. The summed E-state index contributed by atoms with van der Waals surface area (Å²) < 4.78 is 25.3. The van der Waals surface area contributed by atoms with Crippen LogP contribution in [0.15, 0.2) is 29.2 Å². The van der Waals surface area contributed by atoms with E-state index in [1.807, 2.05) is 6.07 Å². The Morgan fingerprint density at radius 2 is 2.05 bits per heavy atom. The molecule has 1 N–H and O–H groups in total. The van der Waals surface area contributed by atoms with Crippen LogP contribution in [0.5, 0.6) is 0 Å². The number of sulfonamides is 1. The van der Waals surface area contributed by atoms with Gasteiger partial charge in [-0.25, -0.2) is 12.7 Å². The van der Waals surface area contributed by atoms with E-state index in [4.69, 9.17) is 0 Å². The number of nitrogens with one attached hydrogen (secondary N) is 1. The van der Waals surface area contributed by atoms with Crippen LogP contribution < -0.4 is 5.32 Å². The standard InChI is InChI=1S/C15H24N2O3S2/c1-4-5-9-16-15(18)12-21-11-13-7-6-8-14(10-13)22(19,20)17(2)3/h6-8,10H,4-5,9,11-12H2,1-3H3,(H,16,18). The molecule has 0 heterocycles. The Balaban J connectivity index is 2.53. The fourth-order valence-electron chi connectivity index (χ4n) is 1.72. The van der Waals surface area contributed by atoms with Crippen LogP contribution in [0.1, 0.15) is 25.3 Å². The van der Waals surface area contributed by atoms with Crippen molar-refractivity contribution in [2.45, 2.75) is 30.4 Å². The van der Waals surface area contributed by atoms with E-state index in [1.54, 1.807) is 18.2 Å². The van der Waals surface area contributed by atoms with Gasteiger partial charge in [-0.3, -0.25) is 4.79 Å². The second-order valence-electron chi connectivity index (χ2n) is 5.13. The molecule has 1 aromatic carbocycles. The lowest BCUT2D eigenvalue weighted by Crippen LogP contribution is -2.26. The van der Waals surface area contributed by atoms with Crippen LogP contribution >= 0.6 is 11.8 Å². The van der Waals surface area contributed by atoms with E-state index in [2.05, 4.69) is 12.2 Å². The van der Waals surface area contributed by atoms with Crippen LogP contribution in [-0.2, 0) is 20.6 Å². The molecule has 0 fully saturated rings. The lowest BCUT2D eigenvalue weighted by atomic mass is 10.2. The molecule has 22 heavy (non-hydrogen) atoms. The summed E-state index contributed by atoms with van der Waals surface area (Å²) in [5, 5.41) is 2.86. The van der Waals surface area contributed by atoms with Crippen molar-refractivity contribution in [3.8, 4) is 0 Å². The molecule has 0 bridgehead atoms. The smallest absolute Gasteiger partial charge is 0.242 e. The highest BCUT2D eigenvalue weighted by Crippen LogP contribution is 2.18. The SMILES string of the molecule is CCCCNC(=O)CSCc1cccc(S(=O)(=O)N(C)C)c1. The van der Waals surface area contributed by atoms with Gasteiger partial charge in [-0.15, -0.1) is 11.8 Å². The molecule has 1 aromatic rings. The van der Waals surface area contributed by atoms with Crippen molar-refractivity contribution in [3.05, 3.63) is 29.8 Å². The highest BCUT2D eigenvalue weighted by atomic mass is 32.2. The minimum Gasteiger partial charge on any atom is -0.355 e. The van der Waals surface area contributed by atoms with E-state index in [0.717, 1.165) is 18.4 Å². The second kappa shape index (κ2) is 9.17. The molecule has 5 nitrogen and oxygen atoms in total. The number of unbranched alkanes of at least 4 members (excludes halogenated alkanes) is 1. The molecule has 124 valence electrons. The molecule has 1 amide bonds. The zero-order chi connectivity index (χ0) is 16.6. The molecule has 1 rings (SSSR count). The molecular weight excluding hydrogens is 320 g/mol. The van der Waals surface area contributed by atoms with Gasteiger partial charge in [0.25, 0.3) is 0 Å². The Labute approximate surface area is 137 Å². The van der Waals surface area contributed by atoms with E-state index in [-0.39, 0.29) is 10.8 Å². The van der Waals surface area contributed by atoms with Crippen LogP contribution in [0.3, 0.4) is 0 Å². The van der Waals surface area contributed by atoms with Crippen molar-refractivity contribution >= 4 is 27.7 Å². The van der Waals surface area contributed by atoms with E-state index in [1.165, 1.54) is 30.2 Å². The third kappa shape index (κ3) is 5.98. The summed E-state index contributed by atoms with van der Waals surface area (Å²) in [6.45, 7) is 2.79. The van der Waals surface area contributed by atoms with Gasteiger partial charge in [0.05, 0.1) is 10.6 Å². The first-order valence-corrected chi connectivity index (χ1v) is 9.83. The largest absolute Gasteiger partial charge is 0.355 e. The highest BCUT2D eigenvalue weighted by molar-refractivity contribution is 7.99. The number of amides is 1. The zero-order valence-electron chi connectivity index (χ0n) is 13.3. The molecule has 0 spiro atoms. The number of benzene rings is 1. The van der Waals surface area contributed by atoms with Crippen LogP contribution in [0.25, 0.3) is 0 Å². The van der Waals surface area contributed by atoms with Gasteiger partial charge in [-0.1, -0.05) is 25.5 Å². The zero-order valence-corrected chi connectivity index (χ0v) is 15.0. The third-order valence-electron chi connectivity index (χ3n) is 3.03. The Kier molecular flexibility index (Phi) is 7.92. The fraction of sp³-hybridized carbons (Fsp3) is 0.533. The summed E-state index contributed by atoms with van der Waals surface area (Å²) in [6.07, 6.45) is 2.04. The van der Waals surface area contributed by atoms with Crippen LogP contribution in [-0.4, -0.2) is 45.0 Å². The number of hydrogen-bond donors (Lipinski definition) is 1. The predicted octanol–water partition coefficient (Wildman–Crippen LogP) is 2.09. The molecule has 0 aliphatic heterocycles. The first kappa shape index (κ1) is 19.0. The molecule has 0 saturated carbocycles. The lowest BCUT2D eigenvalue weighted by Gasteiger charge is -2.12. The monoisotopic (exact) mass is 344 g/mol. The number of thioether (sulfide) groups is 1.